The number of nitrogens with zero attached hydrogens (tertiary/aromatic N) is 4. The van der Waals surface area contributed by atoms with E-state index in [1.54, 1.807) is 12.4 Å². The number of imidazole rings is 1. The molecule has 1 amide bonds. The van der Waals surface area contributed by atoms with Gasteiger partial charge in [-0.1, -0.05) is 0 Å². The number of H-pyrrole nitrogens is 1. The van der Waals surface area contributed by atoms with Gasteiger partial charge in [0.1, 0.15) is 17.5 Å². The van der Waals surface area contributed by atoms with Crippen molar-refractivity contribution < 1.29 is 22.4 Å². The van der Waals surface area contributed by atoms with Gasteiger partial charge >= 0.3 is 6.18 Å². The molecule has 0 bridgehead atoms. The zero-order valence-corrected chi connectivity index (χ0v) is 16.6. The number of aromatic amines is 1. The van der Waals surface area contributed by atoms with Crippen LogP contribution in [0.4, 0.5) is 23.4 Å². The highest BCUT2D eigenvalue weighted by atomic mass is 19.4. The average Bonchev–Trinajstić information content (AvgIpc) is 3.19. The van der Waals surface area contributed by atoms with Crippen molar-refractivity contribution in [2.45, 2.75) is 13.1 Å². The molecule has 0 unspecified atom stereocenters. The number of carbonyl (C=O) groups is 1. The summed E-state index contributed by atoms with van der Waals surface area (Å²) in [5.41, 5.74) is -0.0350. The second kappa shape index (κ2) is 8.01. The Labute approximate surface area is 175 Å². The summed E-state index contributed by atoms with van der Waals surface area (Å²) < 4.78 is 53.2. The van der Waals surface area contributed by atoms with Crippen molar-refractivity contribution in [1.82, 2.24) is 19.9 Å². The van der Waals surface area contributed by atoms with E-state index in [1.165, 1.54) is 4.90 Å². The lowest BCUT2D eigenvalue weighted by Gasteiger charge is -2.35. The second-order valence-corrected chi connectivity index (χ2v) is 7.29. The number of amides is 1. The topological polar surface area (TPSA) is 65.1 Å². The minimum absolute atomic E-state index is 0.202. The predicted octanol–water partition coefficient (Wildman–Crippen LogP) is 3.90. The third-order valence-corrected chi connectivity index (χ3v) is 5.13. The zero-order chi connectivity index (χ0) is 22.2. The van der Waals surface area contributed by atoms with E-state index in [0.29, 0.717) is 42.9 Å². The van der Waals surface area contributed by atoms with Crippen LogP contribution in [0.15, 0.2) is 42.7 Å². The van der Waals surface area contributed by atoms with Gasteiger partial charge in [-0.05, 0) is 37.3 Å². The van der Waals surface area contributed by atoms with E-state index in [9.17, 15) is 22.4 Å². The summed E-state index contributed by atoms with van der Waals surface area (Å²) in [4.78, 5) is 27.8. The summed E-state index contributed by atoms with van der Waals surface area (Å²) >= 11 is 0. The third-order valence-electron chi connectivity index (χ3n) is 5.13. The average molecular weight is 433 g/mol. The number of hydrogen-bond donors (Lipinski definition) is 1. The standard InChI is InChI=1S/C21H19F4N5O/c1-13-11-27-19(28-13)14-2-5-18(26-12-14)29-6-8-30(9-7-29)20(31)16-10-15(22)3-4-17(16)21(23,24)25/h2-5,10-12H,6-9H2,1H3,(H,27,28). The number of benzene rings is 1. The number of aryl methyl sites for hydroxylation is 1. The monoisotopic (exact) mass is 433 g/mol. The largest absolute Gasteiger partial charge is 0.417 e. The number of anilines is 1. The van der Waals surface area contributed by atoms with Crippen molar-refractivity contribution in [2.75, 3.05) is 31.1 Å². The van der Waals surface area contributed by atoms with Crippen LogP contribution in [0.1, 0.15) is 21.6 Å². The van der Waals surface area contributed by atoms with Gasteiger partial charge in [0.15, 0.2) is 0 Å². The van der Waals surface area contributed by atoms with Crippen molar-refractivity contribution in [3.05, 3.63) is 65.4 Å². The first-order chi connectivity index (χ1) is 14.7. The Kier molecular flexibility index (Phi) is 5.38. The van der Waals surface area contributed by atoms with Crippen LogP contribution in [0, 0.1) is 12.7 Å². The molecule has 1 aliphatic rings. The summed E-state index contributed by atoms with van der Waals surface area (Å²) in [6.45, 7) is 3.10. The van der Waals surface area contributed by atoms with Crippen molar-refractivity contribution >= 4 is 11.7 Å². The quantitative estimate of drug-likeness (QED) is 0.637. The van der Waals surface area contributed by atoms with Gasteiger partial charge in [0.05, 0.1) is 11.1 Å². The lowest BCUT2D eigenvalue weighted by molar-refractivity contribution is -0.138. The van der Waals surface area contributed by atoms with Crippen molar-refractivity contribution in [1.29, 1.82) is 0 Å². The number of hydrogen-bond acceptors (Lipinski definition) is 4. The van der Waals surface area contributed by atoms with E-state index in [4.69, 9.17) is 0 Å². The molecule has 162 valence electrons. The maximum Gasteiger partial charge on any atom is 0.417 e. The molecule has 4 rings (SSSR count). The number of aromatic nitrogens is 3. The number of rotatable bonds is 3. The first-order valence-electron chi connectivity index (χ1n) is 9.61. The fourth-order valence-corrected chi connectivity index (χ4v) is 3.52. The third kappa shape index (κ3) is 4.37. The highest BCUT2D eigenvalue weighted by Gasteiger charge is 2.37. The Morgan fingerprint density at radius 2 is 1.77 bits per heavy atom. The number of pyridine rings is 1. The highest BCUT2D eigenvalue weighted by Crippen LogP contribution is 2.33. The van der Waals surface area contributed by atoms with Crippen LogP contribution in [-0.4, -0.2) is 51.9 Å². The molecule has 1 saturated heterocycles. The van der Waals surface area contributed by atoms with Crippen LogP contribution >= 0.6 is 0 Å². The van der Waals surface area contributed by atoms with E-state index in [-0.39, 0.29) is 13.1 Å². The minimum Gasteiger partial charge on any atom is -0.353 e. The van der Waals surface area contributed by atoms with E-state index in [1.807, 2.05) is 24.0 Å². The van der Waals surface area contributed by atoms with Crippen LogP contribution in [0.2, 0.25) is 0 Å². The molecule has 6 nitrogen and oxygen atoms in total. The lowest BCUT2D eigenvalue weighted by atomic mass is 10.0. The molecule has 3 aromatic rings. The Bertz CT molecular complexity index is 1090. The molecule has 2 aromatic heterocycles. The molecule has 1 aliphatic heterocycles. The highest BCUT2D eigenvalue weighted by molar-refractivity contribution is 5.96. The van der Waals surface area contributed by atoms with Gasteiger partial charge in [-0.3, -0.25) is 4.79 Å². The molecule has 10 heteroatoms. The number of alkyl halides is 3. The molecule has 0 saturated carbocycles. The van der Waals surface area contributed by atoms with Gasteiger partial charge in [-0.15, -0.1) is 0 Å². The fraction of sp³-hybridized carbons (Fsp3) is 0.286. The Balaban J connectivity index is 1.44. The van der Waals surface area contributed by atoms with Gasteiger partial charge in [-0.2, -0.15) is 13.2 Å². The lowest BCUT2D eigenvalue weighted by Crippen LogP contribution is -2.49. The van der Waals surface area contributed by atoms with Gasteiger partial charge in [0, 0.05) is 49.8 Å². The van der Waals surface area contributed by atoms with Gasteiger partial charge in [0.25, 0.3) is 5.91 Å². The second-order valence-electron chi connectivity index (χ2n) is 7.29. The van der Waals surface area contributed by atoms with Crippen LogP contribution in [0.5, 0.6) is 0 Å². The molecule has 0 radical (unpaired) electrons. The van der Waals surface area contributed by atoms with Crippen LogP contribution in [0.3, 0.4) is 0 Å². The Hall–Kier alpha value is -3.43. The summed E-state index contributed by atoms with van der Waals surface area (Å²) in [6.07, 6.45) is -1.32. The number of carbonyl (C=O) groups excluding carboxylic acids is 1. The SMILES string of the molecule is Cc1cnc(-c2ccc(N3CCN(C(=O)c4cc(F)ccc4C(F)(F)F)CC3)nc2)[nH]1. The Morgan fingerprint density at radius 1 is 1.03 bits per heavy atom. The molecule has 0 aliphatic carbocycles. The summed E-state index contributed by atoms with van der Waals surface area (Å²) in [5, 5.41) is 0. The van der Waals surface area contributed by atoms with E-state index in [2.05, 4.69) is 15.0 Å². The van der Waals surface area contributed by atoms with Gasteiger partial charge in [-0.25, -0.2) is 14.4 Å². The molecule has 1 N–H and O–H groups in total. The smallest absolute Gasteiger partial charge is 0.353 e. The molecule has 3 heterocycles. The number of nitrogens with one attached hydrogen (secondary N) is 1. The fourth-order valence-electron chi connectivity index (χ4n) is 3.52. The molecule has 1 aromatic carbocycles. The molecule has 31 heavy (non-hydrogen) atoms. The summed E-state index contributed by atoms with van der Waals surface area (Å²) in [6, 6.07) is 5.66. The summed E-state index contributed by atoms with van der Waals surface area (Å²) in [5.74, 6) is -0.308. The predicted molar refractivity (Wildman–Crippen MR) is 106 cm³/mol. The molecule has 0 spiro atoms. The van der Waals surface area contributed by atoms with Crippen LogP contribution in [-0.2, 0) is 6.18 Å². The van der Waals surface area contributed by atoms with Crippen molar-refractivity contribution in [3.8, 4) is 11.4 Å². The van der Waals surface area contributed by atoms with Crippen molar-refractivity contribution in [2.24, 2.45) is 0 Å². The first-order valence-corrected chi connectivity index (χ1v) is 9.61. The number of halogens is 4. The van der Waals surface area contributed by atoms with Crippen LogP contribution < -0.4 is 4.90 Å². The molecular formula is C21H19F4N5O. The van der Waals surface area contributed by atoms with Crippen LogP contribution in [0.25, 0.3) is 11.4 Å². The maximum absolute atomic E-state index is 13.5. The number of piperazine rings is 1. The van der Waals surface area contributed by atoms with Gasteiger partial charge < -0.3 is 14.8 Å². The van der Waals surface area contributed by atoms with Gasteiger partial charge in [0.2, 0.25) is 0 Å². The molecule has 0 atom stereocenters. The van der Waals surface area contributed by atoms with Crippen molar-refractivity contribution in [3.63, 3.8) is 0 Å². The van der Waals surface area contributed by atoms with E-state index < -0.39 is 29.0 Å². The zero-order valence-electron chi connectivity index (χ0n) is 16.6. The Morgan fingerprint density at radius 3 is 2.35 bits per heavy atom. The summed E-state index contributed by atoms with van der Waals surface area (Å²) in [7, 11) is 0. The molecule has 1 fully saturated rings. The minimum atomic E-state index is -4.74. The first kappa shape index (κ1) is 20.8. The van der Waals surface area contributed by atoms with E-state index in [0.717, 1.165) is 11.3 Å². The van der Waals surface area contributed by atoms with E-state index >= 15 is 0 Å². The normalized spacial score (nSPS) is 14.7. The molecular weight excluding hydrogens is 414 g/mol. The maximum atomic E-state index is 13.5.